The lowest BCUT2D eigenvalue weighted by Crippen LogP contribution is -2.44. The molecular formula is C88H90N6O14. The minimum atomic E-state index is -0.550. The predicted octanol–water partition coefficient (Wildman–Crippen LogP) is 12.6. The van der Waals surface area contributed by atoms with E-state index in [1.165, 1.54) is 20.8 Å². The molecule has 0 bridgehead atoms. The van der Waals surface area contributed by atoms with Gasteiger partial charge in [0.2, 0.25) is 11.8 Å². The maximum Gasteiger partial charge on any atom is 0.302 e. The first-order chi connectivity index (χ1) is 51.9. The topological polar surface area (TPSA) is 295 Å². The molecule has 4 saturated carbocycles. The van der Waals surface area contributed by atoms with Crippen molar-refractivity contribution in [1.82, 2.24) is 20.3 Å². The highest BCUT2D eigenvalue weighted by atomic mass is 16.6. The number of Topliss-reactive ketones (excluding diaryl/α,β-unsaturated/α-hetero) is 3. The van der Waals surface area contributed by atoms with Crippen molar-refractivity contribution in [2.45, 2.75) is 167 Å². The largest absolute Gasteiger partial charge is 0.489 e. The normalized spacial score (nSPS) is 33.0. The average Bonchev–Trinajstić information content (AvgIpc) is 1.54. The van der Waals surface area contributed by atoms with Crippen LogP contribution in [0, 0.1) is 51.8 Å². The van der Waals surface area contributed by atoms with Crippen LogP contribution in [0.2, 0.25) is 0 Å². The summed E-state index contributed by atoms with van der Waals surface area (Å²) in [6.45, 7) is 11.9. The smallest absolute Gasteiger partial charge is 0.302 e. The second-order valence-electron chi connectivity index (χ2n) is 32.4. The lowest BCUT2D eigenvalue weighted by Gasteiger charge is -2.48. The molecule has 0 radical (unpaired) electrons. The number of ether oxygens (including phenoxy) is 6. The predicted molar refractivity (Wildman–Crippen MR) is 402 cm³/mol. The fraction of sp³-hybridized carbons (Fsp3) is 0.420. The molecule has 18 atom stereocenters. The molecule has 20 heteroatoms. The quantitative estimate of drug-likeness (QED) is 0.0848. The monoisotopic (exact) mass is 1450 g/mol. The summed E-state index contributed by atoms with van der Waals surface area (Å²) < 4.78 is 37.7. The number of nitrogens with one attached hydrogen (secondary N) is 1. The minimum Gasteiger partial charge on any atom is -0.489 e. The first-order valence-electron chi connectivity index (χ1n) is 37.9. The van der Waals surface area contributed by atoms with Crippen LogP contribution >= 0.6 is 0 Å². The zero-order valence-corrected chi connectivity index (χ0v) is 61.8. The van der Waals surface area contributed by atoms with Gasteiger partial charge in [-0.1, -0.05) is 93.6 Å². The van der Waals surface area contributed by atoms with Crippen molar-refractivity contribution in [2.75, 3.05) is 13.6 Å². The zero-order chi connectivity index (χ0) is 75.4. The molecule has 4 fully saturated rings. The van der Waals surface area contributed by atoms with Crippen molar-refractivity contribution >= 4 is 79.4 Å². The van der Waals surface area contributed by atoms with E-state index in [-0.39, 0.29) is 142 Å². The SMILES string of the molecule is CC(=O)OC1C[C@H]2[C@@H]3OC4=C(C=C3C=C[C@]2(C)[C@H]1c1cccc2cnccc12)C(=O)CC(C(N)=O)C4.CC(=O)OC1C[C@H]2[C@@H]3OC4=C(C=C3CC[C@]2(C)[C@H]1c1cccc2cnccc12)C(=O)CC(C(N)=O)C4.CNCC1CC(=O)C2=C(C1)O[C@@H]1C(=C2)C=C[C@]2(C)[C@@H](c3ccc4ccncc4c3)C(OC(C)=O)C[C@@H]12. The van der Waals surface area contributed by atoms with Gasteiger partial charge in [-0.3, -0.25) is 53.3 Å². The summed E-state index contributed by atoms with van der Waals surface area (Å²) in [6.07, 6.45) is 29.9. The molecule has 6 heterocycles. The van der Waals surface area contributed by atoms with E-state index < -0.39 is 23.7 Å². The number of esters is 3. The Bertz CT molecular complexity index is 5090. The number of primary amides is 2. The summed E-state index contributed by atoms with van der Waals surface area (Å²) in [5.74, 6) is -0.662. The van der Waals surface area contributed by atoms with Gasteiger partial charge in [-0.2, -0.15) is 0 Å². The highest BCUT2D eigenvalue weighted by molar-refractivity contribution is 6.04. The number of rotatable bonds is 10. The van der Waals surface area contributed by atoms with Crippen molar-refractivity contribution in [1.29, 1.82) is 0 Å². The number of amides is 2. The van der Waals surface area contributed by atoms with Crippen LogP contribution in [0.1, 0.15) is 147 Å². The molecule has 20 nitrogen and oxygen atoms in total. The molecule has 6 unspecified atom stereocenters. The van der Waals surface area contributed by atoms with Gasteiger partial charge in [0.05, 0.1) is 28.6 Å². The molecule has 6 aromatic rings. The van der Waals surface area contributed by atoms with Crippen LogP contribution in [0.25, 0.3) is 32.3 Å². The van der Waals surface area contributed by atoms with Crippen molar-refractivity contribution in [3.63, 3.8) is 0 Å². The van der Waals surface area contributed by atoms with E-state index in [1.54, 1.807) is 18.6 Å². The van der Waals surface area contributed by atoms with E-state index in [2.05, 4.69) is 95.7 Å². The van der Waals surface area contributed by atoms with E-state index in [0.717, 1.165) is 103 Å². The number of hydrogen-bond donors (Lipinski definition) is 3. The molecular weight excluding hydrogens is 1360 g/mol. The van der Waals surface area contributed by atoms with Gasteiger partial charge in [0.25, 0.3) is 0 Å². The number of nitrogens with zero attached hydrogens (tertiary/aromatic N) is 3. The molecule has 0 spiro atoms. The third-order valence-electron chi connectivity index (χ3n) is 26.0. The van der Waals surface area contributed by atoms with Crippen LogP contribution in [-0.2, 0) is 66.8 Å². The number of pyridine rings is 3. The minimum absolute atomic E-state index is 0.00157. The number of allylic oxidation sites excluding steroid dienone is 11. The van der Waals surface area contributed by atoms with Crippen LogP contribution in [0.15, 0.2) is 203 Å². The molecule has 5 N–H and O–H groups in total. The Morgan fingerprint density at radius 1 is 0.519 bits per heavy atom. The average molecular weight is 1460 g/mol. The first-order valence-corrected chi connectivity index (χ1v) is 37.9. The van der Waals surface area contributed by atoms with Gasteiger partial charge in [-0.25, -0.2) is 0 Å². The molecule has 12 aliphatic rings. The number of ketones is 3. The van der Waals surface area contributed by atoms with Crippen LogP contribution in [0.3, 0.4) is 0 Å². The summed E-state index contributed by atoms with van der Waals surface area (Å²) in [5, 5.41) is 9.71. The van der Waals surface area contributed by atoms with Gasteiger partial charge < -0.3 is 45.2 Å². The third-order valence-corrected chi connectivity index (χ3v) is 26.0. The van der Waals surface area contributed by atoms with Gasteiger partial charge in [0.15, 0.2) is 17.3 Å². The highest BCUT2D eigenvalue weighted by Gasteiger charge is 2.63. The molecule has 3 aromatic heterocycles. The fourth-order valence-electron chi connectivity index (χ4n) is 21.1. The summed E-state index contributed by atoms with van der Waals surface area (Å²) >= 11 is 0. The van der Waals surface area contributed by atoms with E-state index in [4.69, 9.17) is 39.9 Å². The molecule has 108 heavy (non-hydrogen) atoms. The number of carbonyl (C=O) groups is 8. The van der Waals surface area contributed by atoms with Crippen LogP contribution in [0.4, 0.5) is 0 Å². The Morgan fingerprint density at radius 3 is 1.54 bits per heavy atom. The third kappa shape index (κ3) is 12.6. The van der Waals surface area contributed by atoms with Gasteiger partial charge in [0, 0.05) is 159 Å². The van der Waals surface area contributed by atoms with E-state index in [0.29, 0.717) is 61.2 Å². The highest BCUT2D eigenvalue weighted by Crippen LogP contribution is 2.66. The van der Waals surface area contributed by atoms with Crippen molar-refractivity contribution in [3.05, 3.63) is 220 Å². The van der Waals surface area contributed by atoms with E-state index in [1.807, 2.05) is 86.3 Å². The molecule has 3 aromatic carbocycles. The molecule has 2 amide bonds. The maximum atomic E-state index is 12.9. The summed E-state index contributed by atoms with van der Waals surface area (Å²) in [6, 6.07) is 24.9. The second-order valence-corrected chi connectivity index (χ2v) is 32.4. The Balaban J connectivity index is 0.000000124. The van der Waals surface area contributed by atoms with Gasteiger partial charge in [0.1, 0.15) is 53.9 Å². The van der Waals surface area contributed by atoms with Crippen LogP contribution in [0.5, 0.6) is 0 Å². The van der Waals surface area contributed by atoms with Crippen LogP contribution < -0.4 is 16.8 Å². The number of nitrogens with two attached hydrogens (primary N) is 2. The number of carbonyl (C=O) groups excluding carboxylic acids is 8. The Hall–Kier alpha value is -10.5. The first kappa shape index (κ1) is 71.8. The lowest BCUT2D eigenvalue weighted by molar-refractivity contribution is -0.148. The summed E-state index contributed by atoms with van der Waals surface area (Å²) in [5.41, 5.74) is 18.6. The fourth-order valence-corrected chi connectivity index (χ4v) is 21.1. The zero-order valence-electron chi connectivity index (χ0n) is 61.8. The van der Waals surface area contributed by atoms with Gasteiger partial charge in [-0.15, -0.1) is 0 Å². The maximum absolute atomic E-state index is 12.9. The summed E-state index contributed by atoms with van der Waals surface area (Å²) in [4.78, 5) is 112. The Kier molecular flexibility index (Phi) is 18.6. The van der Waals surface area contributed by atoms with Gasteiger partial charge >= 0.3 is 17.9 Å². The van der Waals surface area contributed by atoms with Crippen molar-refractivity contribution in [2.24, 2.45) is 63.2 Å². The molecule has 18 rings (SSSR count). The summed E-state index contributed by atoms with van der Waals surface area (Å²) in [7, 11) is 1.92. The Morgan fingerprint density at radius 2 is 0.991 bits per heavy atom. The number of fused-ring (bicyclic) bond motifs is 12. The van der Waals surface area contributed by atoms with Gasteiger partial charge in [-0.05, 0) is 149 Å². The standard InChI is InChI=1S/C30H32N2O4.C29H30N2O5.C29H28N2O5/c1-17(33)35-27-14-24-29-21(13-23-25(34)10-18(15-31-3)11-26(23)36-29)6-8-30(24,2)28(27)20-5-4-19-7-9-32-16-22(19)12-20;2*1-15(32)35-25-13-22-27-16(10-21-23(33)11-18(28(30)34)12-24(21)36-27)6-8-29(22,2)26(25)20-5-3-4-17-14-31-9-7-19(17)20/h4-9,12-13,16,18,24,27-29,31H,10-11,14-15H2,1-3H3;3-5,7,9-10,14,18,22,25-27H,6,8,11-13H2,1-2H3,(H2,30,34);3-10,14,18,22,25-27H,11-13H2,1-2H3,(H2,30,34)/t18?,24-,27?,28-,29+,30-;2*18?,22-,25?,26-,27+,29-/m000/s1. The number of aromatic nitrogens is 3. The number of hydrogen-bond acceptors (Lipinski definition) is 18. The molecule has 0 saturated heterocycles. The number of benzene rings is 3. The van der Waals surface area contributed by atoms with Crippen LogP contribution in [-0.4, -0.2) is 112 Å². The van der Waals surface area contributed by atoms with E-state index >= 15 is 0 Å². The van der Waals surface area contributed by atoms with E-state index in [9.17, 15) is 38.4 Å². The van der Waals surface area contributed by atoms with Crippen molar-refractivity contribution < 1.29 is 66.8 Å². The van der Waals surface area contributed by atoms with Crippen molar-refractivity contribution in [3.8, 4) is 0 Å². The lowest BCUT2D eigenvalue weighted by atomic mass is 9.60. The Labute approximate surface area is 626 Å². The molecule has 556 valence electrons. The molecule has 3 aliphatic heterocycles. The second kappa shape index (κ2) is 28.0. The molecule has 9 aliphatic carbocycles.